The highest BCUT2D eigenvalue weighted by Crippen LogP contribution is 2.31. The highest BCUT2D eigenvalue weighted by Gasteiger charge is 2.30. The Morgan fingerprint density at radius 1 is 1.04 bits per heavy atom. The fourth-order valence-corrected chi connectivity index (χ4v) is 2.52. The summed E-state index contributed by atoms with van der Waals surface area (Å²) in [6, 6.07) is 11.0. The molecular weight excluding hydrogens is 361 g/mol. The van der Waals surface area contributed by atoms with E-state index in [4.69, 9.17) is 5.73 Å². The summed E-state index contributed by atoms with van der Waals surface area (Å²) < 4.78 is 42.6. The zero-order valence-corrected chi connectivity index (χ0v) is 14.5. The van der Waals surface area contributed by atoms with Gasteiger partial charge in [-0.05, 0) is 28.8 Å². The monoisotopic (exact) mass is 380 g/mol. The predicted molar refractivity (Wildman–Crippen MR) is 93.5 cm³/mol. The van der Waals surface area contributed by atoms with Crippen LogP contribution in [-0.4, -0.2) is 25.5 Å². The summed E-state index contributed by atoms with van der Waals surface area (Å²) in [5, 5.41) is 2.64. The highest BCUT2D eigenvalue weighted by atomic mass is 19.4. The number of carbonyl (C=O) groups excluding carboxylic acids is 2. The summed E-state index contributed by atoms with van der Waals surface area (Å²) in [5.74, 6) is -0.917. The van der Waals surface area contributed by atoms with E-state index in [0.29, 0.717) is 16.7 Å². The zero-order chi connectivity index (χ0) is 20.0. The van der Waals surface area contributed by atoms with Gasteiger partial charge >= 0.3 is 12.1 Å². The molecule has 0 radical (unpaired) electrons. The molecule has 5 nitrogen and oxygen atoms in total. The van der Waals surface area contributed by atoms with Crippen molar-refractivity contribution < 1.29 is 27.5 Å². The normalized spacial score (nSPS) is 12.3. The summed E-state index contributed by atoms with van der Waals surface area (Å²) in [5.41, 5.74) is 6.55. The second kappa shape index (κ2) is 8.68. The van der Waals surface area contributed by atoms with Gasteiger partial charge in [0.15, 0.2) is 0 Å². The molecule has 0 aromatic heterocycles. The molecule has 0 heterocycles. The van der Waals surface area contributed by atoms with Crippen LogP contribution in [0.25, 0.3) is 11.1 Å². The molecular formula is C19H19F3N2O3. The lowest BCUT2D eigenvalue weighted by Gasteiger charge is -2.18. The van der Waals surface area contributed by atoms with Crippen molar-refractivity contribution in [3.05, 3.63) is 59.7 Å². The van der Waals surface area contributed by atoms with Crippen LogP contribution in [0, 0.1) is 0 Å². The fraction of sp³-hybridized carbons (Fsp3) is 0.263. The number of hydrogen-bond acceptors (Lipinski definition) is 4. The first-order valence-electron chi connectivity index (χ1n) is 8.08. The van der Waals surface area contributed by atoms with E-state index in [0.717, 1.165) is 12.1 Å². The maximum atomic E-state index is 12.6. The van der Waals surface area contributed by atoms with E-state index >= 15 is 0 Å². The lowest BCUT2D eigenvalue weighted by molar-refractivity contribution is -0.141. The third-order valence-electron chi connectivity index (χ3n) is 3.98. The van der Waals surface area contributed by atoms with Crippen LogP contribution in [0.5, 0.6) is 0 Å². The van der Waals surface area contributed by atoms with E-state index in [1.807, 2.05) is 0 Å². The van der Waals surface area contributed by atoms with Crippen LogP contribution < -0.4 is 11.1 Å². The number of nitrogens with two attached hydrogens (primary N) is 1. The second-order valence-electron chi connectivity index (χ2n) is 5.80. The van der Waals surface area contributed by atoms with Crippen LogP contribution in [-0.2, 0) is 20.5 Å². The summed E-state index contributed by atoms with van der Waals surface area (Å²) in [6.45, 7) is -0.221. The van der Waals surface area contributed by atoms with Crippen molar-refractivity contribution in [3.8, 4) is 11.1 Å². The smallest absolute Gasteiger partial charge is 0.416 e. The molecule has 0 aliphatic heterocycles. The Morgan fingerprint density at radius 3 is 2.00 bits per heavy atom. The quantitative estimate of drug-likeness (QED) is 0.755. The molecule has 1 unspecified atom stereocenters. The van der Waals surface area contributed by atoms with Gasteiger partial charge in [0.05, 0.1) is 31.7 Å². The van der Waals surface area contributed by atoms with Gasteiger partial charge in [-0.1, -0.05) is 36.4 Å². The Balaban J connectivity index is 2.22. The van der Waals surface area contributed by atoms with Crippen molar-refractivity contribution in [2.24, 2.45) is 5.73 Å². The summed E-state index contributed by atoms with van der Waals surface area (Å²) in [6.07, 6.45) is -4.45. The molecule has 0 saturated heterocycles. The van der Waals surface area contributed by atoms with Gasteiger partial charge in [-0.2, -0.15) is 13.2 Å². The van der Waals surface area contributed by atoms with Crippen molar-refractivity contribution in [1.29, 1.82) is 0 Å². The van der Waals surface area contributed by atoms with E-state index in [-0.39, 0.29) is 13.0 Å². The maximum Gasteiger partial charge on any atom is 0.416 e. The zero-order valence-electron chi connectivity index (χ0n) is 14.5. The maximum absolute atomic E-state index is 12.6. The van der Waals surface area contributed by atoms with Gasteiger partial charge < -0.3 is 15.8 Å². The molecule has 0 bridgehead atoms. The summed E-state index contributed by atoms with van der Waals surface area (Å²) in [4.78, 5) is 23.2. The lowest BCUT2D eigenvalue weighted by Crippen LogP contribution is -2.35. The van der Waals surface area contributed by atoms with E-state index in [1.54, 1.807) is 24.3 Å². The minimum atomic E-state index is -4.38. The molecule has 27 heavy (non-hydrogen) atoms. The molecule has 3 N–H and O–H groups in total. The number of amides is 1. The Hall–Kier alpha value is -2.87. The Morgan fingerprint density at radius 2 is 1.56 bits per heavy atom. The average molecular weight is 380 g/mol. The molecule has 0 aliphatic carbocycles. The first-order chi connectivity index (χ1) is 12.7. The lowest BCUT2D eigenvalue weighted by atomic mass is 9.98. The molecule has 0 spiro atoms. The molecule has 2 rings (SSSR count). The fourth-order valence-electron chi connectivity index (χ4n) is 2.52. The number of nitrogens with one attached hydrogen (secondary N) is 1. The number of rotatable bonds is 6. The van der Waals surface area contributed by atoms with Crippen LogP contribution in [0.4, 0.5) is 13.2 Å². The van der Waals surface area contributed by atoms with E-state index < -0.39 is 29.7 Å². The van der Waals surface area contributed by atoms with E-state index in [9.17, 15) is 22.8 Å². The number of carbonyl (C=O) groups is 2. The molecule has 0 fully saturated rings. The van der Waals surface area contributed by atoms with Crippen molar-refractivity contribution >= 4 is 11.9 Å². The van der Waals surface area contributed by atoms with Crippen LogP contribution in [0.3, 0.4) is 0 Å². The van der Waals surface area contributed by atoms with Crippen molar-refractivity contribution in [3.63, 3.8) is 0 Å². The van der Waals surface area contributed by atoms with Crippen molar-refractivity contribution in [2.75, 3.05) is 13.7 Å². The molecule has 0 aliphatic rings. The molecule has 2 aromatic carbocycles. The first-order valence-corrected chi connectivity index (χ1v) is 8.08. The van der Waals surface area contributed by atoms with Gasteiger partial charge in [0.25, 0.3) is 0 Å². The first kappa shape index (κ1) is 20.4. The van der Waals surface area contributed by atoms with Crippen molar-refractivity contribution in [2.45, 2.75) is 18.6 Å². The Kier molecular flexibility index (Phi) is 6.57. The third kappa shape index (κ3) is 5.55. The largest absolute Gasteiger partial charge is 0.469 e. The molecule has 1 atom stereocenters. The summed E-state index contributed by atoms with van der Waals surface area (Å²) >= 11 is 0. The number of halogens is 3. The van der Waals surface area contributed by atoms with Gasteiger partial charge in [-0.15, -0.1) is 0 Å². The van der Waals surface area contributed by atoms with Crippen molar-refractivity contribution in [1.82, 2.24) is 5.32 Å². The average Bonchev–Trinajstić information content (AvgIpc) is 2.66. The Bertz CT molecular complexity index is 769. The molecule has 144 valence electrons. The molecule has 8 heteroatoms. The highest BCUT2D eigenvalue weighted by molar-refractivity contribution is 5.79. The van der Waals surface area contributed by atoms with E-state index in [1.165, 1.54) is 19.2 Å². The number of alkyl halides is 3. The SMILES string of the molecule is COC(=O)CC(NC(=O)CN)c1ccc(-c2ccc(C(F)(F)F)cc2)cc1. The van der Waals surface area contributed by atoms with Gasteiger partial charge in [0.2, 0.25) is 5.91 Å². The molecule has 0 saturated carbocycles. The summed E-state index contributed by atoms with van der Waals surface area (Å²) in [7, 11) is 1.25. The van der Waals surface area contributed by atoms with Gasteiger partial charge in [-0.3, -0.25) is 9.59 Å². The van der Waals surface area contributed by atoms with Crippen LogP contribution in [0.15, 0.2) is 48.5 Å². The standard InChI is InChI=1S/C19H19F3N2O3/c1-27-18(26)10-16(24-17(25)11-23)14-4-2-12(3-5-14)13-6-8-15(9-7-13)19(20,21)22/h2-9,16H,10-11,23H2,1H3,(H,24,25). The molecule has 1 amide bonds. The van der Waals surface area contributed by atoms with Gasteiger partial charge in [-0.25, -0.2) is 0 Å². The number of ether oxygens (including phenoxy) is 1. The molecule has 2 aromatic rings. The third-order valence-corrected chi connectivity index (χ3v) is 3.98. The van der Waals surface area contributed by atoms with Gasteiger partial charge in [0.1, 0.15) is 0 Å². The van der Waals surface area contributed by atoms with Crippen LogP contribution in [0.1, 0.15) is 23.6 Å². The number of esters is 1. The van der Waals surface area contributed by atoms with Crippen LogP contribution >= 0.6 is 0 Å². The number of methoxy groups -OCH3 is 1. The minimum absolute atomic E-state index is 0.0676. The topological polar surface area (TPSA) is 81.4 Å². The van der Waals surface area contributed by atoms with E-state index in [2.05, 4.69) is 10.1 Å². The number of hydrogen-bond donors (Lipinski definition) is 2. The van der Waals surface area contributed by atoms with Crippen LogP contribution in [0.2, 0.25) is 0 Å². The predicted octanol–water partition coefficient (Wildman–Crippen LogP) is 3.05. The number of benzene rings is 2. The van der Waals surface area contributed by atoms with Gasteiger partial charge in [0, 0.05) is 0 Å². The minimum Gasteiger partial charge on any atom is -0.469 e. The Labute approximate surface area is 154 Å². The second-order valence-corrected chi connectivity index (χ2v) is 5.80.